The Morgan fingerprint density at radius 3 is 2.59 bits per heavy atom. The summed E-state index contributed by atoms with van der Waals surface area (Å²) in [5.74, 6) is 0.895. The molecule has 0 bridgehead atoms. The van der Waals surface area contributed by atoms with Crippen molar-refractivity contribution in [3.05, 3.63) is 77.9 Å². The van der Waals surface area contributed by atoms with E-state index < -0.39 is 0 Å². The fourth-order valence-electron chi connectivity index (χ4n) is 3.24. The normalized spacial score (nSPS) is 20.4. The summed E-state index contributed by atoms with van der Waals surface area (Å²) < 4.78 is 6.21. The topological polar surface area (TPSA) is 41.5 Å². The third-order valence-corrected chi connectivity index (χ3v) is 4.33. The number of rotatable bonds is 2. The van der Waals surface area contributed by atoms with Crippen molar-refractivity contribution in [2.24, 2.45) is 0 Å². The first-order chi connectivity index (χ1) is 10.9. The summed E-state index contributed by atoms with van der Waals surface area (Å²) in [6.07, 6.45) is 0.520. The molecule has 1 aliphatic heterocycles. The Morgan fingerprint density at radius 2 is 1.68 bits per heavy atom. The first-order valence-electron chi connectivity index (χ1n) is 7.48. The lowest BCUT2D eigenvalue weighted by Crippen LogP contribution is -2.40. The molecule has 0 radical (unpaired) electrons. The third kappa shape index (κ3) is 2.15. The Bertz CT molecular complexity index is 810. The highest BCUT2D eigenvalue weighted by atomic mass is 16.5. The van der Waals surface area contributed by atoms with Gasteiger partial charge in [-0.3, -0.25) is 0 Å². The maximum atomic E-state index is 9.59. The Hall–Kier alpha value is -2.36. The van der Waals surface area contributed by atoms with Crippen molar-refractivity contribution < 1.29 is 9.94 Å². The van der Waals surface area contributed by atoms with Gasteiger partial charge in [0.05, 0.1) is 6.04 Å². The lowest BCUT2D eigenvalue weighted by atomic mass is 9.90. The van der Waals surface area contributed by atoms with Crippen LogP contribution in [0.5, 0.6) is 5.75 Å². The number of nitrogens with one attached hydrogen (secondary N) is 1. The fourth-order valence-corrected chi connectivity index (χ4v) is 3.24. The van der Waals surface area contributed by atoms with Gasteiger partial charge in [-0.2, -0.15) is 5.48 Å². The monoisotopic (exact) mass is 291 g/mol. The minimum Gasteiger partial charge on any atom is -0.484 e. The number of fused-ring (bicyclic) bond motifs is 2. The number of hydrogen-bond acceptors (Lipinski definition) is 3. The van der Waals surface area contributed by atoms with E-state index in [1.165, 1.54) is 5.39 Å². The van der Waals surface area contributed by atoms with Gasteiger partial charge in [-0.1, -0.05) is 60.7 Å². The zero-order chi connectivity index (χ0) is 14.9. The minimum absolute atomic E-state index is 0.166. The molecule has 0 amide bonds. The van der Waals surface area contributed by atoms with Gasteiger partial charge in [-0.15, -0.1) is 0 Å². The lowest BCUT2D eigenvalue weighted by molar-refractivity contribution is 0.0412. The second-order valence-corrected chi connectivity index (χ2v) is 5.65. The molecule has 2 atom stereocenters. The van der Waals surface area contributed by atoms with Crippen molar-refractivity contribution in [1.29, 1.82) is 0 Å². The summed E-state index contributed by atoms with van der Waals surface area (Å²) in [6, 6.07) is 22.3. The molecule has 0 aromatic heterocycles. The maximum absolute atomic E-state index is 9.59. The average molecular weight is 291 g/mol. The molecule has 1 aliphatic rings. The van der Waals surface area contributed by atoms with E-state index in [2.05, 4.69) is 29.7 Å². The zero-order valence-corrected chi connectivity index (χ0v) is 12.1. The summed E-state index contributed by atoms with van der Waals surface area (Å²) in [7, 11) is 0. The van der Waals surface area contributed by atoms with Crippen LogP contribution in [0.15, 0.2) is 66.7 Å². The van der Waals surface area contributed by atoms with Gasteiger partial charge >= 0.3 is 0 Å². The fraction of sp³-hybridized carbons (Fsp3) is 0.158. The van der Waals surface area contributed by atoms with Gasteiger partial charge in [0, 0.05) is 5.56 Å². The summed E-state index contributed by atoms with van der Waals surface area (Å²) in [5.41, 5.74) is 4.65. The van der Waals surface area contributed by atoms with Gasteiger partial charge in [-0.05, 0) is 28.8 Å². The summed E-state index contributed by atoms with van der Waals surface area (Å²) in [6.45, 7) is 0. The predicted octanol–water partition coefficient (Wildman–Crippen LogP) is 3.86. The van der Waals surface area contributed by atoms with Crippen LogP contribution in [-0.4, -0.2) is 11.2 Å². The van der Waals surface area contributed by atoms with Crippen molar-refractivity contribution in [2.45, 2.75) is 18.6 Å². The van der Waals surface area contributed by atoms with E-state index in [9.17, 15) is 5.21 Å². The average Bonchev–Trinajstić information content (AvgIpc) is 2.60. The van der Waals surface area contributed by atoms with Gasteiger partial charge in [0.15, 0.2) is 0 Å². The van der Waals surface area contributed by atoms with Crippen LogP contribution in [-0.2, 0) is 6.42 Å². The highest BCUT2D eigenvalue weighted by molar-refractivity contribution is 5.86. The lowest BCUT2D eigenvalue weighted by Gasteiger charge is -2.33. The van der Waals surface area contributed by atoms with Crippen LogP contribution in [0.4, 0.5) is 0 Å². The molecule has 3 aromatic rings. The summed E-state index contributed by atoms with van der Waals surface area (Å²) in [5, 5.41) is 11.9. The molecule has 0 spiro atoms. The molecule has 0 fully saturated rings. The Morgan fingerprint density at radius 1 is 0.909 bits per heavy atom. The Balaban J connectivity index is 1.83. The highest BCUT2D eigenvalue weighted by Crippen LogP contribution is 2.37. The van der Waals surface area contributed by atoms with E-state index in [-0.39, 0.29) is 12.1 Å². The first-order valence-corrected chi connectivity index (χ1v) is 7.48. The predicted molar refractivity (Wildman–Crippen MR) is 86.2 cm³/mol. The number of benzene rings is 3. The van der Waals surface area contributed by atoms with E-state index in [0.29, 0.717) is 0 Å². The maximum Gasteiger partial charge on any atom is 0.142 e. The molecule has 0 aliphatic carbocycles. The van der Waals surface area contributed by atoms with Crippen molar-refractivity contribution in [3.63, 3.8) is 0 Å². The SMILES string of the molecule is ON[C@H]1Cc2ccccc2O[C@H]1c1cccc2ccccc12. The number of ether oxygens (including phenoxy) is 1. The molecular weight excluding hydrogens is 274 g/mol. The van der Waals surface area contributed by atoms with Crippen LogP contribution in [0.2, 0.25) is 0 Å². The van der Waals surface area contributed by atoms with Crippen molar-refractivity contribution >= 4 is 10.8 Å². The summed E-state index contributed by atoms with van der Waals surface area (Å²) in [4.78, 5) is 0. The Labute approximate surface area is 129 Å². The standard InChI is InChI=1S/C19H17NO2/c21-20-17-12-14-7-2-4-11-18(14)22-19(17)16-10-5-8-13-6-1-3-9-15(13)16/h1-11,17,19-21H,12H2/t17-,19-/m0/s1. The molecule has 22 heavy (non-hydrogen) atoms. The molecule has 3 aromatic carbocycles. The third-order valence-electron chi connectivity index (χ3n) is 4.33. The van der Waals surface area contributed by atoms with Crippen LogP contribution in [0.1, 0.15) is 17.2 Å². The van der Waals surface area contributed by atoms with Gasteiger partial charge in [0.2, 0.25) is 0 Å². The number of hydroxylamine groups is 1. The van der Waals surface area contributed by atoms with E-state index in [1.54, 1.807) is 0 Å². The van der Waals surface area contributed by atoms with Crippen LogP contribution in [0, 0.1) is 0 Å². The van der Waals surface area contributed by atoms with Gasteiger partial charge in [0.1, 0.15) is 11.9 Å². The molecule has 110 valence electrons. The number of hydrogen-bond donors (Lipinski definition) is 2. The van der Waals surface area contributed by atoms with E-state index in [0.717, 1.165) is 28.7 Å². The second kappa shape index (κ2) is 5.44. The summed E-state index contributed by atoms with van der Waals surface area (Å²) >= 11 is 0. The largest absolute Gasteiger partial charge is 0.484 e. The second-order valence-electron chi connectivity index (χ2n) is 5.65. The molecule has 4 rings (SSSR count). The molecular formula is C19H17NO2. The van der Waals surface area contributed by atoms with Crippen LogP contribution < -0.4 is 10.2 Å². The van der Waals surface area contributed by atoms with Crippen LogP contribution >= 0.6 is 0 Å². The minimum atomic E-state index is -0.217. The molecule has 3 heteroatoms. The first kappa shape index (κ1) is 13.3. The molecule has 0 unspecified atom stereocenters. The van der Waals surface area contributed by atoms with Gasteiger partial charge < -0.3 is 9.94 Å². The van der Waals surface area contributed by atoms with Crippen molar-refractivity contribution in [3.8, 4) is 5.75 Å². The molecule has 0 saturated heterocycles. The molecule has 1 heterocycles. The zero-order valence-electron chi connectivity index (χ0n) is 12.1. The quantitative estimate of drug-likeness (QED) is 0.704. The van der Waals surface area contributed by atoms with Crippen LogP contribution in [0.25, 0.3) is 10.8 Å². The molecule has 3 nitrogen and oxygen atoms in total. The smallest absolute Gasteiger partial charge is 0.142 e. The van der Waals surface area contributed by atoms with Crippen molar-refractivity contribution in [1.82, 2.24) is 5.48 Å². The van der Waals surface area contributed by atoms with Crippen molar-refractivity contribution in [2.75, 3.05) is 0 Å². The molecule has 0 saturated carbocycles. The Kier molecular flexibility index (Phi) is 3.29. The van der Waals surface area contributed by atoms with E-state index in [1.807, 2.05) is 42.5 Å². The van der Waals surface area contributed by atoms with Gasteiger partial charge in [-0.25, -0.2) is 0 Å². The van der Waals surface area contributed by atoms with Crippen LogP contribution in [0.3, 0.4) is 0 Å². The highest BCUT2D eigenvalue weighted by Gasteiger charge is 2.31. The number of para-hydroxylation sites is 1. The van der Waals surface area contributed by atoms with E-state index in [4.69, 9.17) is 4.74 Å². The van der Waals surface area contributed by atoms with E-state index >= 15 is 0 Å². The van der Waals surface area contributed by atoms with Gasteiger partial charge in [0.25, 0.3) is 0 Å². The molecule has 2 N–H and O–H groups in total.